The number of rotatable bonds is 10. The van der Waals surface area contributed by atoms with E-state index in [1.165, 1.54) is 0 Å². The van der Waals surface area contributed by atoms with E-state index in [0.29, 0.717) is 30.4 Å². The van der Waals surface area contributed by atoms with Crippen molar-refractivity contribution >= 4 is 11.6 Å². The van der Waals surface area contributed by atoms with E-state index < -0.39 is 0 Å². The number of likely N-dealkylation sites (N-methyl/N-ethyl adjacent to an activating group) is 1. The molecule has 0 unspecified atom stereocenters. The van der Waals surface area contributed by atoms with Crippen molar-refractivity contribution in [2.45, 2.75) is 13.5 Å². The lowest BCUT2D eigenvalue weighted by molar-refractivity contribution is -0.117. The van der Waals surface area contributed by atoms with Crippen molar-refractivity contribution in [2.75, 3.05) is 46.8 Å². The lowest BCUT2D eigenvalue weighted by atomic mass is 10.1. The standard InChI is InChI=1S/C21H28N2O5/c1-6-28-17-10-8-16(9-11-17)22-19(24)14-23(2)13-15-7-12-18(25-3)21(27-5)20(15)26-4/h7-12H,6,13-14H2,1-5H3,(H,22,24). The van der Waals surface area contributed by atoms with Crippen molar-refractivity contribution in [2.24, 2.45) is 0 Å². The lowest BCUT2D eigenvalue weighted by Crippen LogP contribution is -2.30. The molecule has 7 nitrogen and oxygen atoms in total. The second kappa shape index (κ2) is 10.4. The summed E-state index contributed by atoms with van der Waals surface area (Å²) >= 11 is 0. The van der Waals surface area contributed by atoms with Crippen LogP contribution in [0.1, 0.15) is 12.5 Å². The summed E-state index contributed by atoms with van der Waals surface area (Å²) in [7, 11) is 6.60. The third-order valence-electron chi connectivity index (χ3n) is 4.09. The van der Waals surface area contributed by atoms with Crippen LogP contribution in [0.2, 0.25) is 0 Å². The fraction of sp³-hybridized carbons (Fsp3) is 0.381. The fourth-order valence-electron chi connectivity index (χ4n) is 2.88. The molecule has 2 rings (SSSR count). The van der Waals surface area contributed by atoms with Crippen LogP contribution in [0.3, 0.4) is 0 Å². The van der Waals surface area contributed by atoms with Gasteiger partial charge in [0.15, 0.2) is 11.5 Å². The minimum absolute atomic E-state index is 0.105. The summed E-state index contributed by atoms with van der Waals surface area (Å²) in [6.45, 7) is 3.28. The van der Waals surface area contributed by atoms with Gasteiger partial charge in [0.05, 0.1) is 34.5 Å². The van der Waals surface area contributed by atoms with Gasteiger partial charge in [0.2, 0.25) is 11.7 Å². The molecule has 0 heterocycles. The van der Waals surface area contributed by atoms with E-state index in [9.17, 15) is 4.79 Å². The van der Waals surface area contributed by atoms with Crippen molar-refractivity contribution < 1.29 is 23.7 Å². The Labute approximate surface area is 166 Å². The van der Waals surface area contributed by atoms with Crippen LogP contribution >= 0.6 is 0 Å². The Balaban J connectivity index is 1.99. The van der Waals surface area contributed by atoms with Gasteiger partial charge in [-0.05, 0) is 44.3 Å². The average Bonchev–Trinajstić information content (AvgIpc) is 2.68. The number of carbonyl (C=O) groups excluding carboxylic acids is 1. The first-order valence-electron chi connectivity index (χ1n) is 9.01. The summed E-state index contributed by atoms with van der Waals surface area (Å²) in [5.74, 6) is 2.40. The van der Waals surface area contributed by atoms with Crippen molar-refractivity contribution in [1.82, 2.24) is 4.90 Å². The molecule has 152 valence electrons. The van der Waals surface area contributed by atoms with Crippen molar-refractivity contribution in [3.8, 4) is 23.0 Å². The van der Waals surface area contributed by atoms with Gasteiger partial charge in [-0.15, -0.1) is 0 Å². The van der Waals surface area contributed by atoms with Crippen molar-refractivity contribution in [3.63, 3.8) is 0 Å². The van der Waals surface area contributed by atoms with Crippen LogP contribution in [-0.2, 0) is 11.3 Å². The van der Waals surface area contributed by atoms with E-state index in [1.54, 1.807) is 21.3 Å². The van der Waals surface area contributed by atoms with E-state index in [-0.39, 0.29) is 12.5 Å². The predicted octanol–water partition coefficient (Wildman–Crippen LogP) is 3.18. The molecule has 7 heteroatoms. The van der Waals surface area contributed by atoms with E-state index in [4.69, 9.17) is 18.9 Å². The molecule has 0 aliphatic heterocycles. The van der Waals surface area contributed by atoms with Gasteiger partial charge >= 0.3 is 0 Å². The highest BCUT2D eigenvalue weighted by atomic mass is 16.5. The number of hydrogen-bond donors (Lipinski definition) is 1. The van der Waals surface area contributed by atoms with Gasteiger partial charge in [0.25, 0.3) is 0 Å². The zero-order valence-electron chi connectivity index (χ0n) is 17.1. The summed E-state index contributed by atoms with van der Waals surface area (Å²) in [5, 5.41) is 2.89. The van der Waals surface area contributed by atoms with E-state index in [1.807, 2.05) is 55.3 Å². The summed E-state index contributed by atoms with van der Waals surface area (Å²) in [4.78, 5) is 14.2. The van der Waals surface area contributed by atoms with Crippen LogP contribution in [0.5, 0.6) is 23.0 Å². The molecule has 0 spiro atoms. The van der Waals surface area contributed by atoms with E-state index in [0.717, 1.165) is 17.0 Å². The smallest absolute Gasteiger partial charge is 0.238 e. The summed E-state index contributed by atoms with van der Waals surface area (Å²) < 4.78 is 21.6. The average molecular weight is 388 g/mol. The van der Waals surface area contributed by atoms with Gasteiger partial charge in [-0.3, -0.25) is 9.69 Å². The highest BCUT2D eigenvalue weighted by molar-refractivity contribution is 5.92. The molecule has 0 saturated carbocycles. The quantitative estimate of drug-likeness (QED) is 0.674. The number of ether oxygens (including phenoxy) is 4. The molecule has 0 aliphatic rings. The first-order valence-corrected chi connectivity index (χ1v) is 9.01. The van der Waals surface area contributed by atoms with Crippen LogP contribution in [0.15, 0.2) is 36.4 Å². The van der Waals surface area contributed by atoms with Crippen molar-refractivity contribution in [3.05, 3.63) is 42.0 Å². The highest BCUT2D eigenvalue weighted by Gasteiger charge is 2.17. The van der Waals surface area contributed by atoms with Gasteiger partial charge in [0.1, 0.15) is 5.75 Å². The molecule has 28 heavy (non-hydrogen) atoms. The minimum atomic E-state index is -0.105. The number of carbonyl (C=O) groups is 1. The summed E-state index contributed by atoms with van der Waals surface area (Å²) in [6, 6.07) is 11.0. The number of nitrogens with zero attached hydrogens (tertiary/aromatic N) is 1. The molecule has 0 radical (unpaired) electrons. The molecule has 1 N–H and O–H groups in total. The first-order chi connectivity index (χ1) is 13.5. The molecule has 2 aromatic rings. The van der Waals surface area contributed by atoms with Gasteiger partial charge in [-0.25, -0.2) is 0 Å². The van der Waals surface area contributed by atoms with Crippen LogP contribution in [0, 0.1) is 0 Å². The summed E-state index contributed by atoms with van der Waals surface area (Å²) in [5.41, 5.74) is 1.63. The van der Waals surface area contributed by atoms with Gasteiger partial charge in [-0.1, -0.05) is 6.07 Å². The third kappa shape index (κ3) is 5.53. The highest BCUT2D eigenvalue weighted by Crippen LogP contribution is 2.40. The van der Waals surface area contributed by atoms with Gasteiger partial charge in [-0.2, -0.15) is 0 Å². The Hall–Kier alpha value is -2.93. The normalized spacial score (nSPS) is 10.5. The number of benzene rings is 2. The molecule has 0 bridgehead atoms. The van der Waals surface area contributed by atoms with Crippen LogP contribution < -0.4 is 24.3 Å². The monoisotopic (exact) mass is 388 g/mol. The predicted molar refractivity (Wildman–Crippen MR) is 109 cm³/mol. The molecule has 1 amide bonds. The lowest BCUT2D eigenvalue weighted by Gasteiger charge is -2.20. The van der Waals surface area contributed by atoms with E-state index >= 15 is 0 Å². The topological polar surface area (TPSA) is 69.3 Å². The van der Waals surface area contributed by atoms with Crippen molar-refractivity contribution in [1.29, 1.82) is 0 Å². The number of anilines is 1. The maximum Gasteiger partial charge on any atom is 0.238 e. The fourth-order valence-corrected chi connectivity index (χ4v) is 2.88. The Morgan fingerprint density at radius 1 is 0.964 bits per heavy atom. The Morgan fingerprint density at radius 3 is 2.21 bits per heavy atom. The Bertz CT molecular complexity index is 777. The SMILES string of the molecule is CCOc1ccc(NC(=O)CN(C)Cc2ccc(OC)c(OC)c2OC)cc1. The van der Waals surface area contributed by atoms with Crippen LogP contribution in [-0.4, -0.2) is 52.3 Å². The molecule has 0 aliphatic carbocycles. The maximum absolute atomic E-state index is 12.3. The molecular formula is C21H28N2O5. The minimum Gasteiger partial charge on any atom is -0.494 e. The second-order valence-corrected chi connectivity index (χ2v) is 6.17. The maximum atomic E-state index is 12.3. The zero-order chi connectivity index (χ0) is 20.5. The zero-order valence-corrected chi connectivity index (χ0v) is 17.1. The molecular weight excluding hydrogens is 360 g/mol. The Morgan fingerprint density at radius 2 is 1.64 bits per heavy atom. The molecule has 2 aromatic carbocycles. The number of nitrogens with one attached hydrogen (secondary N) is 1. The molecule has 0 aromatic heterocycles. The number of methoxy groups -OCH3 is 3. The first kappa shape index (κ1) is 21.4. The van der Waals surface area contributed by atoms with E-state index in [2.05, 4.69) is 5.32 Å². The number of hydrogen-bond acceptors (Lipinski definition) is 6. The van der Waals surface area contributed by atoms with Gasteiger partial charge < -0.3 is 24.3 Å². The molecule has 0 fully saturated rings. The van der Waals surface area contributed by atoms with Crippen LogP contribution in [0.4, 0.5) is 5.69 Å². The van der Waals surface area contributed by atoms with Gasteiger partial charge in [0, 0.05) is 17.8 Å². The number of amides is 1. The molecule has 0 atom stereocenters. The largest absolute Gasteiger partial charge is 0.494 e. The third-order valence-corrected chi connectivity index (χ3v) is 4.09. The molecule has 0 saturated heterocycles. The second-order valence-electron chi connectivity index (χ2n) is 6.17. The Kier molecular flexibility index (Phi) is 7.95. The van der Waals surface area contributed by atoms with Crippen LogP contribution in [0.25, 0.3) is 0 Å². The summed E-state index contributed by atoms with van der Waals surface area (Å²) in [6.07, 6.45) is 0.